The molecule has 0 unspecified atom stereocenters. The fourth-order valence-corrected chi connectivity index (χ4v) is 8.17. The molecule has 0 saturated heterocycles. The number of fused-ring (bicyclic) bond motifs is 5. The van der Waals surface area contributed by atoms with Gasteiger partial charge < -0.3 is 5.11 Å². The number of halogens is 1. The lowest BCUT2D eigenvalue weighted by Crippen LogP contribution is -2.54. The minimum atomic E-state index is -0.400. The van der Waals surface area contributed by atoms with E-state index in [1.165, 1.54) is 6.92 Å². The molecule has 0 aromatic carbocycles. The van der Waals surface area contributed by atoms with Crippen LogP contribution in [0.1, 0.15) is 78.6 Å². The standard InChI is InChI=1S/C25H35ClO4/c1-14(27)21(28)6-4-5-15-13-25(3)18-9-10-24(2)17(7-8-23(24)30)16(18)11-20(26)19(25)12-22(15)29/h12,15-18,20,23,30H,4-11,13H2,1-3H3/t15-,16+,17+,18+,20-,23+,24+,25-/m1/s1. The molecule has 166 valence electrons. The summed E-state index contributed by atoms with van der Waals surface area (Å²) >= 11 is 6.90. The Bertz CT molecular complexity index is 788. The van der Waals surface area contributed by atoms with E-state index < -0.39 is 5.78 Å². The van der Waals surface area contributed by atoms with Crippen LogP contribution in [-0.4, -0.2) is 33.9 Å². The summed E-state index contributed by atoms with van der Waals surface area (Å²) in [7, 11) is 0. The molecule has 0 heterocycles. The molecule has 0 aromatic heterocycles. The van der Waals surface area contributed by atoms with E-state index in [4.69, 9.17) is 11.6 Å². The number of ketones is 3. The van der Waals surface area contributed by atoms with Crippen molar-refractivity contribution >= 4 is 29.0 Å². The van der Waals surface area contributed by atoms with Gasteiger partial charge in [-0.05, 0) is 91.6 Å². The maximum atomic E-state index is 12.9. The lowest BCUT2D eigenvalue weighted by molar-refractivity contribution is -0.135. The predicted molar refractivity (Wildman–Crippen MR) is 116 cm³/mol. The molecule has 4 aliphatic carbocycles. The van der Waals surface area contributed by atoms with Gasteiger partial charge >= 0.3 is 0 Å². The Kier molecular flexibility index (Phi) is 5.81. The normalized spacial score (nSPS) is 45.2. The van der Waals surface area contributed by atoms with Crippen molar-refractivity contribution in [2.24, 2.45) is 34.5 Å². The molecule has 0 aromatic rings. The first-order chi connectivity index (χ1) is 14.1. The molecule has 0 radical (unpaired) electrons. The van der Waals surface area contributed by atoms with Crippen molar-refractivity contribution in [3.63, 3.8) is 0 Å². The second-order valence-electron chi connectivity index (χ2n) is 10.9. The molecule has 3 fully saturated rings. The maximum Gasteiger partial charge on any atom is 0.198 e. The van der Waals surface area contributed by atoms with Gasteiger partial charge in [0.05, 0.1) is 11.5 Å². The van der Waals surface area contributed by atoms with Crippen molar-refractivity contribution in [3.8, 4) is 0 Å². The van der Waals surface area contributed by atoms with E-state index >= 15 is 0 Å². The summed E-state index contributed by atoms with van der Waals surface area (Å²) in [5.74, 6) is 0.807. The second-order valence-corrected chi connectivity index (χ2v) is 11.4. The molecule has 4 rings (SSSR count). The number of hydrogen-bond donors (Lipinski definition) is 1. The van der Waals surface area contributed by atoms with Crippen LogP contribution in [0.25, 0.3) is 0 Å². The first-order valence-corrected chi connectivity index (χ1v) is 12.1. The summed E-state index contributed by atoms with van der Waals surface area (Å²) in [6, 6.07) is 0. The van der Waals surface area contributed by atoms with E-state index in [9.17, 15) is 19.5 Å². The van der Waals surface area contributed by atoms with E-state index in [0.29, 0.717) is 30.6 Å². The quantitative estimate of drug-likeness (QED) is 0.505. The Balaban J connectivity index is 1.55. The van der Waals surface area contributed by atoms with Gasteiger partial charge in [-0.2, -0.15) is 0 Å². The summed E-state index contributed by atoms with van der Waals surface area (Å²) < 4.78 is 0. The largest absolute Gasteiger partial charge is 0.393 e. The number of aliphatic hydroxyl groups excluding tert-OH is 1. The first-order valence-electron chi connectivity index (χ1n) is 11.7. The first kappa shape index (κ1) is 22.2. The third-order valence-electron chi connectivity index (χ3n) is 9.40. The highest BCUT2D eigenvalue weighted by Gasteiger charge is 2.60. The van der Waals surface area contributed by atoms with E-state index in [2.05, 4.69) is 13.8 Å². The molecule has 3 saturated carbocycles. The number of rotatable bonds is 5. The lowest BCUT2D eigenvalue weighted by Gasteiger charge is -2.59. The molecule has 0 spiro atoms. The molecular weight excluding hydrogens is 400 g/mol. The van der Waals surface area contributed by atoms with Gasteiger partial charge in [0, 0.05) is 19.3 Å². The van der Waals surface area contributed by atoms with Crippen molar-refractivity contribution in [2.75, 3.05) is 0 Å². The molecule has 8 atom stereocenters. The van der Waals surface area contributed by atoms with Gasteiger partial charge in [-0.3, -0.25) is 14.4 Å². The average Bonchev–Trinajstić information content (AvgIpc) is 2.98. The zero-order valence-corrected chi connectivity index (χ0v) is 19.2. The second kappa shape index (κ2) is 7.85. The molecule has 5 heteroatoms. The highest BCUT2D eigenvalue weighted by molar-refractivity contribution is 6.36. The van der Waals surface area contributed by atoms with E-state index in [-0.39, 0.29) is 46.2 Å². The number of hydrogen-bond acceptors (Lipinski definition) is 4. The van der Waals surface area contributed by atoms with Crippen LogP contribution in [0.2, 0.25) is 0 Å². The highest BCUT2D eigenvalue weighted by Crippen LogP contribution is 2.66. The maximum absolute atomic E-state index is 12.9. The monoisotopic (exact) mass is 434 g/mol. The summed E-state index contributed by atoms with van der Waals surface area (Å²) in [4.78, 5) is 35.7. The molecular formula is C25H35ClO4. The van der Waals surface area contributed by atoms with Crippen LogP contribution in [0.15, 0.2) is 11.6 Å². The molecule has 4 nitrogen and oxygen atoms in total. The summed E-state index contributed by atoms with van der Waals surface area (Å²) in [6.07, 6.45) is 8.88. The Hall–Kier alpha value is -1.00. The molecule has 0 bridgehead atoms. The third-order valence-corrected chi connectivity index (χ3v) is 9.81. The number of alkyl halides is 1. The van der Waals surface area contributed by atoms with E-state index in [0.717, 1.165) is 44.1 Å². The number of aliphatic hydroxyl groups is 1. The summed E-state index contributed by atoms with van der Waals surface area (Å²) in [5, 5.41) is 10.5. The SMILES string of the molecule is CC(=O)C(=O)CCC[C@@H]1C[C@@]2(C)C(=CC1=O)[C@H](Cl)C[C@H]1[C@@H]3CC[C@H](O)[C@@]3(C)CC[C@@H]12. The molecule has 30 heavy (non-hydrogen) atoms. The van der Waals surface area contributed by atoms with Gasteiger partial charge in [0.2, 0.25) is 0 Å². The van der Waals surface area contributed by atoms with Gasteiger partial charge in [-0.25, -0.2) is 0 Å². The fourth-order valence-electron chi connectivity index (χ4n) is 7.65. The Morgan fingerprint density at radius 3 is 2.63 bits per heavy atom. The minimum Gasteiger partial charge on any atom is -0.393 e. The van der Waals surface area contributed by atoms with Gasteiger partial charge in [0.15, 0.2) is 17.3 Å². The van der Waals surface area contributed by atoms with Crippen LogP contribution in [0.4, 0.5) is 0 Å². The zero-order chi connectivity index (χ0) is 21.8. The van der Waals surface area contributed by atoms with Crippen molar-refractivity contribution in [2.45, 2.75) is 90.0 Å². The van der Waals surface area contributed by atoms with Gasteiger partial charge in [0.1, 0.15) is 0 Å². The molecule has 0 amide bonds. The predicted octanol–water partition coefficient (Wildman–Crippen LogP) is 4.65. The van der Waals surface area contributed by atoms with Crippen LogP contribution in [-0.2, 0) is 14.4 Å². The Labute approximate surface area is 184 Å². The third kappa shape index (κ3) is 3.43. The van der Waals surface area contributed by atoms with Crippen LogP contribution >= 0.6 is 11.6 Å². The minimum absolute atomic E-state index is 0.00624. The number of carbonyl (C=O) groups is 3. The highest BCUT2D eigenvalue weighted by atomic mass is 35.5. The van der Waals surface area contributed by atoms with Gasteiger partial charge in [0.25, 0.3) is 0 Å². The fraction of sp³-hybridized carbons (Fsp3) is 0.800. The van der Waals surface area contributed by atoms with Crippen LogP contribution < -0.4 is 0 Å². The van der Waals surface area contributed by atoms with Crippen LogP contribution in [0, 0.1) is 34.5 Å². The smallest absolute Gasteiger partial charge is 0.198 e. The van der Waals surface area contributed by atoms with E-state index in [1.807, 2.05) is 6.08 Å². The topological polar surface area (TPSA) is 71.4 Å². The lowest BCUT2D eigenvalue weighted by atomic mass is 9.46. The van der Waals surface area contributed by atoms with E-state index in [1.54, 1.807) is 0 Å². The van der Waals surface area contributed by atoms with Crippen molar-refractivity contribution in [1.29, 1.82) is 0 Å². The molecule has 1 N–H and O–H groups in total. The Morgan fingerprint density at radius 2 is 1.93 bits per heavy atom. The van der Waals surface area contributed by atoms with Crippen LogP contribution in [0.3, 0.4) is 0 Å². The Morgan fingerprint density at radius 1 is 1.20 bits per heavy atom. The van der Waals surface area contributed by atoms with Crippen molar-refractivity contribution in [1.82, 2.24) is 0 Å². The van der Waals surface area contributed by atoms with Crippen molar-refractivity contribution < 1.29 is 19.5 Å². The zero-order valence-electron chi connectivity index (χ0n) is 18.5. The van der Waals surface area contributed by atoms with Crippen molar-refractivity contribution in [3.05, 3.63) is 11.6 Å². The molecule has 0 aliphatic heterocycles. The van der Waals surface area contributed by atoms with Crippen LogP contribution in [0.5, 0.6) is 0 Å². The van der Waals surface area contributed by atoms with Gasteiger partial charge in [-0.1, -0.05) is 13.8 Å². The summed E-state index contributed by atoms with van der Waals surface area (Å²) in [5.41, 5.74) is 1.04. The van der Waals surface area contributed by atoms with Gasteiger partial charge in [-0.15, -0.1) is 11.6 Å². The average molecular weight is 435 g/mol. The molecule has 4 aliphatic rings. The number of allylic oxidation sites excluding steroid dienone is 1. The number of Topliss-reactive ketones (excluding diaryl/α,β-unsaturated/α-hetero) is 2. The summed E-state index contributed by atoms with van der Waals surface area (Å²) in [6.45, 7) is 5.88. The number of carbonyl (C=O) groups excluding carboxylic acids is 3.